The molecule has 0 radical (unpaired) electrons. The van der Waals surface area contributed by atoms with E-state index in [1.807, 2.05) is 13.8 Å². The maximum atomic E-state index is 10.1. The summed E-state index contributed by atoms with van der Waals surface area (Å²) in [4.78, 5) is 0. The molecule has 5 heteroatoms. The molecule has 0 spiro atoms. The van der Waals surface area contributed by atoms with E-state index in [4.69, 9.17) is 21.1 Å². The first kappa shape index (κ1) is 13.5. The molecule has 1 heterocycles. The third-order valence-electron chi connectivity index (χ3n) is 2.72. The molecule has 1 aliphatic rings. The van der Waals surface area contributed by atoms with Gasteiger partial charge >= 0.3 is 0 Å². The number of hydrogen-bond acceptors (Lipinski definition) is 4. The molecular weight excluding hydrogens is 254 g/mol. The highest BCUT2D eigenvalue weighted by atomic mass is 35.5. The van der Waals surface area contributed by atoms with Crippen LogP contribution in [-0.4, -0.2) is 30.9 Å². The van der Waals surface area contributed by atoms with Crippen molar-refractivity contribution in [3.63, 3.8) is 0 Å². The van der Waals surface area contributed by atoms with Crippen LogP contribution in [0.25, 0.3) is 0 Å². The Balaban J connectivity index is 2.16. The van der Waals surface area contributed by atoms with Gasteiger partial charge in [-0.15, -0.1) is 0 Å². The Kier molecular flexibility index (Phi) is 4.32. The minimum atomic E-state index is -0.610. The van der Waals surface area contributed by atoms with Gasteiger partial charge in [0.1, 0.15) is 13.2 Å². The molecule has 4 nitrogen and oxygen atoms in total. The molecule has 1 atom stereocenters. The van der Waals surface area contributed by atoms with Gasteiger partial charge in [0, 0.05) is 12.6 Å². The smallest absolute Gasteiger partial charge is 0.179 e. The number of nitrogens with one attached hydrogen (secondary N) is 1. The minimum Gasteiger partial charge on any atom is -0.486 e. The van der Waals surface area contributed by atoms with Gasteiger partial charge in [0.25, 0.3) is 0 Å². The van der Waals surface area contributed by atoms with Crippen LogP contribution in [-0.2, 0) is 0 Å². The Morgan fingerprint density at radius 2 is 2.06 bits per heavy atom. The van der Waals surface area contributed by atoms with Gasteiger partial charge in [-0.2, -0.15) is 0 Å². The molecule has 0 saturated heterocycles. The lowest BCUT2D eigenvalue weighted by Gasteiger charge is -2.22. The fourth-order valence-corrected chi connectivity index (χ4v) is 2.06. The molecule has 2 rings (SSSR count). The molecule has 0 bridgehead atoms. The summed E-state index contributed by atoms with van der Waals surface area (Å²) in [6, 6.07) is 3.83. The van der Waals surface area contributed by atoms with E-state index in [9.17, 15) is 5.11 Å². The molecule has 0 aromatic heterocycles. The molecule has 0 saturated carbocycles. The van der Waals surface area contributed by atoms with E-state index in [0.29, 0.717) is 42.3 Å². The van der Waals surface area contributed by atoms with Gasteiger partial charge in [-0.05, 0) is 17.7 Å². The van der Waals surface area contributed by atoms with Gasteiger partial charge in [-0.1, -0.05) is 25.4 Å². The monoisotopic (exact) mass is 271 g/mol. The van der Waals surface area contributed by atoms with Crippen molar-refractivity contribution < 1.29 is 14.6 Å². The first-order valence-electron chi connectivity index (χ1n) is 6.08. The van der Waals surface area contributed by atoms with E-state index in [1.54, 1.807) is 12.1 Å². The average molecular weight is 272 g/mol. The molecule has 0 unspecified atom stereocenters. The van der Waals surface area contributed by atoms with Crippen LogP contribution in [0.5, 0.6) is 11.5 Å². The van der Waals surface area contributed by atoms with Gasteiger partial charge in [-0.3, -0.25) is 0 Å². The lowest BCUT2D eigenvalue weighted by Crippen LogP contribution is -2.28. The number of benzene rings is 1. The summed E-state index contributed by atoms with van der Waals surface area (Å²) in [7, 11) is 0. The SMILES string of the molecule is CC(C)NC[C@H](O)c1cc(Cl)c2c(c1)OCCO2. The first-order valence-corrected chi connectivity index (χ1v) is 6.46. The standard InChI is InChI=1S/C13H18ClNO3/c1-8(2)15-7-11(16)9-5-10(14)13-12(6-9)17-3-4-18-13/h5-6,8,11,15-16H,3-4,7H2,1-2H3/t11-/m0/s1. The Hall–Kier alpha value is -0.970. The Morgan fingerprint density at radius 3 is 2.78 bits per heavy atom. The largest absolute Gasteiger partial charge is 0.486 e. The van der Waals surface area contributed by atoms with Crippen LogP contribution in [0.1, 0.15) is 25.5 Å². The zero-order chi connectivity index (χ0) is 13.1. The quantitative estimate of drug-likeness (QED) is 0.881. The zero-order valence-corrected chi connectivity index (χ0v) is 11.3. The molecule has 2 N–H and O–H groups in total. The van der Waals surface area contributed by atoms with Crippen LogP contribution >= 0.6 is 11.6 Å². The van der Waals surface area contributed by atoms with E-state index < -0.39 is 6.10 Å². The van der Waals surface area contributed by atoms with E-state index in [2.05, 4.69) is 5.32 Å². The van der Waals surface area contributed by atoms with Crippen molar-refractivity contribution >= 4 is 11.6 Å². The zero-order valence-electron chi connectivity index (χ0n) is 10.6. The van der Waals surface area contributed by atoms with Crippen LogP contribution in [0.3, 0.4) is 0 Å². The van der Waals surface area contributed by atoms with Crippen molar-refractivity contribution in [1.82, 2.24) is 5.32 Å². The van der Waals surface area contributed by atoms with Crippen molar-refractivity contribution in [1.29, 1.82) is 0 Å². The third kappa shape index (κ3) is 3.07. The molecule has 1 aromatic carbocycles. The minimum absolute atomic E-state index is 0.326. The van der Waals surface area contributed by atoms with Crippen LogP contribution in [0, 0.1) is 0 Å². The summed E-state index contributed by atoms with van der Waals surface area (Å²) in [5, 5.41) is 13.7. The average Bonchev–Trinajstić information content (AvgIpc) is 2.36. The summed E-state index contributed by atoms with van der Waals surface area (Å²) < 4.78 is 10.9. The highest BCUT2D eigenvalue weighted by Crippen LogP contribution is 2.39. The summed E-state index contributed by atoms with van der Waals surface area (Å²) in [5.74, 6) is 1.17. The molecular formula is C13H18ClNO3. The number of rotatable bonds is 4. The first-order chi connectivity index (χ1) is 8.58. The van der Waals surface area contributed by atoms with Gasteiger partial charge in [0.05, 0.1) is 11.1 Å². The molecule has 0 amide bonds. The predicted molar refractivity (Wildman–Crippen MR) is 70.5 cm³/mol. The summed E-state index contributed by atoms with van der Waals surface area (Å²) in [6.45, 7) is 5.55. The van der Waals surface area contributed by atoms with Crippen LogP contribution < -0.4 is 14.8 Å². The summed E-state index contributed by atoms with van der Waals surface area (Å²) in [6.07, 6.45) is -0.610. The van der Waals surface area contributed by atoms with E-state index in [0.717, 1.165) is 5.56 Å². The van der Waals surface area contributed by atoms with Gasteiger partial charge in [-0.25, -0.2) is 0 Å². The number of aliphatic hydroxyl groups excluding tert-OH is 1. The van der Waals surface area contributed by atoms with Gasteiger partial charge in [0.15, 0.2) is 11.5 Å². The van der Waals surface area contributed by atoms with E-state index in [-0.39, 0.29) is 0 Å². The molecule has 100 valence electrons. The summed E-state index contributed by atoms with van der Waals surface area (Å²) in [5.41, 5.74) is 0.734. The van der Waals surface area contributed by atoms with Crippen molar-refractivity contribution in [2.45, 2.75) is 26.0 Å². The second-order valence-corrected chi connectivity index (χ2v) is 5.01. The lowest BCUT2D eigenvalue weighted by molar-refractivity contribution is 0.162. The number of hydrogen-bond donors (Lipinski definition) is 2. The number of fused-ring (bicyclic) bond motifs is 1. The van der Waals surface area contributed by atoms with Crippen molar-refractivity contribution in [2.24, 2.45) is 0 Å². The van der Waals surface area contributed by atoms with E-state index in [1.165, 1.54) is 0 Å². The fraction of sp³-hybridized carbons (Fsp3) is 0.538. The van der Waals surface area contributed by atoms with Crippen molar-refractivity contribution in [3.05, 3.63) is 22.7 Å². The molecule has 18 heavy (non-hydrogen) atoms. The molecule has 0 aliphatic carbocycles. The Morgan fingerprint density at radius 1 is 1.33 bits per heavy atom. The summed E-state index contributed by atoms with van der Waals surface area (Å²) >= 11 is 6.12. The fourth-order valence-electron chi connectivity index (χ4n) is 1.79. The molecule has 0 fully saturated rings. The number of ether oxygens (including phenoxy) is 2. The van der Waals surface area contributed by atoms with Gasteiger partial charge in [0.2, 0.25) is 0 Å². The van der Waals surface area contributed by atoms with E-state index >= 15 is 0 Å². The maximum absolute atomic E-state index is 10.1. The highest BCUT2D eigenvalue weighted by molar-refractivity contribution is 6.32. The maximum Gasteiger partial charge on any atom is 0.179 e. The third-order valence-corrected chi connectivity index (χ3v) is 3.00. The Labute approximate surface area is 112 Å². The predicted octanol–water partition coefficient (Wildman–Crippen LogP) is 2.14. The highest BCUT2D eigenvalue weighted by Gasteiger charge is 2.19. The van der Waals surface area contributed by atoms with Crippen LogP contribution in [0.4, 0.5) is 0 Å². The molecule has 1 aromatic rings. The lowest BCUT2D eigenvalue weighted by atomic mass is 10.1. The second-order valence-electron chi connectivity index (χ2n) is 4.61. The van der Waals surface area contributed by atoms with Gasteiger partial charge < -0.3 is 19.9 Å². The second kappa shape index (κ2) is 5.78. The Bertz CT molecular complexity index is 423. The van der Waals surface area contributed by atoms with Crippen molar-refractivity contribution in [3.8, 4) is 11.5 Å². The molecule has 1 aliphatic heterocycles. The van der Waals surface area contributed by atoms with Crippen LogP contribution in [0.15, 0.2) is 12.1 Å². The normalized spacial score (nSPS) is 15.8. The number of halogens is 1. The van der Waals surface area contributed by atoms with Crippen molar-refractivity contribution in [2.75, 3.05) is 19.8 Å². The van der Waals surface area contributed by atoms with Crippen LogP contribution in [0.2, 0.25) is 5.02 Å². The topological polar surface area (TPSA) is 50.7 Å². The number of aliphatic hydroxyl groups is 1.